The van der Waals surface area contributed by atoms with Crippen LogP contribution in [0.25, 0.3) is 0 Å². The van der Waals surface area contributed by atoms with Crippen LogP contribution in [-0.4, -0.2) is 56.6 Å². The summed E-state index contributed by atoms with van der Waals surface area (Å²) in [5.74, 6) is -0.0830. The van der Waals surface area contributed by atoms with Gasteiger partial charge >= 0.3 is 5.69 Å². The highest BCUT2D eigenvalue weighted by Gasteiger charge is 2.22. The second-order valence-corrected chi connectivity index (χ2v) is 6.38. The van der Waals surface area contributed by atoms with Crippen molar-refractivity contribution in [3.8, 4) is 0 Å². The van der Waals surface area contributed by atoms with Crippen LogP contribution in [0.4, 0.5) is 5.69 Å². The van der Waals surface area contributed by atoms with E-state index in [0.29, 0.717) is 13.1 Å². The standard InChI is InChI=1S/C16H18ClN5O3/c17-14-3-1-2-13(8-14)10-19-4-6-20(7-5-19)16(23)12-21-11-15(9-18-21)22(24)25/h1-3,8-9,11H,4-7,10,12H2. The molecule has 0 N–H and O–H groups in total. The summed E-state index contributed by atoms with van der Waals surface area (Å²) in [4.78, 5) is 26.5. The molecule has 0 bridgehead atoms. The van der Waals surface area contributed by atoms with Gasteiger partial charge in [0, 0.05) is 37.7 Å². The predicted molar refractivity (Wildman–Crippen MR) is 92.2 cm³/mol. The maximum absolute atomic E-state index is 12.3. The second kappa shape index (κ2) is 7.62. The second-order valence-electron chi connectivity index (χ2n) is 5.94. The van der Waals surface area contributed by atoms with E-state index in [1.807, 2.05) is 24.3 Å². The number of hydrogen-bond donors (Lipinski definition) is 0. The van der Waals surface area contributed by atoms with Crippen LogP contribution >= 0.6 is 11.6 Å². The van der Waals surface area contributed by atoms with Crippen molar-refractivity contribution in [2.75, 3.05) is 26.2 Å². The monoisotopic (exact) mass is 363 g/mol. The van der Waals surface area contributed by atoms with E-state index in [9.17, 15) is 14.9 Å². The average molecular weight is 364 g/mol. The third-order valence-electron chi connectivity index (χ3n) is 4.15. The molecule has 2 aromatic rings. The van der Waals surface area contributed by atoms with E-state index in [4.69, 9.17) is 11.6 Å². The molecule has 1 fully saturated rings. The summed E-state index contributed by atoms with van der Waals surface area (Å²) < 4.78 is 1.30. The molecule has 0 unspecified atom stereocenters. The Kier molecular flexibility index (Phi) is 5.30. The van der Waals surface area contributed by atoms with E-state index in [1.165, 1.54) is 10.9 Å². The van der Waals surface area contributed by atoms with Gasteiger partial charge in [-0.15, -0.1) is 0 Å². The van der Waals surface area contributed by atoms with Gasteiger partial charge in [-0.1, -0.05) is 23.7 Å². The molecule has 1 aromatic heterocycles. The molecule has 3 rings (SSSR count). The Bertz CT molecular complexity index is 771. The van der Waals surface area contributed by atoms with Gasteiger partial charge in [-0.05, 0) is 17.7 Å². The molecule has 9 heteroatoms. The van der Waals surface area contributed by atoms with Crippen LogP contribution in [0.5, 0.6) is 0 Å². The van der Waals surface area contributed by atoms with Crippen LogP contribution < -0.4 is 0 Å². The number of nitrogens with zero attached hydrogens (tertiary/aromatic N) is 5. The molecule has 0 spiro atoms. The summed E-state index contributed by atoms with van der Waals surface area (Å²) in [6.45, 7) is 3.62. The topological polar surface area (TPSA) is 84.5 Å². The lowest BCUT2D eigenvalue weighted by atomic mass is 10.2. The van der Waals surface area contributed by atoms with Gasteiger partial charge in [0.1, 0.15) is 18.9 Å². The summed E-state index contributed by atoms with van der Waals surface area (Å²) in [6.07, 6.45) is 2.42. The number of rotatable bonds is 5. The highest BCUT2D eigenvalue weighted by molar-refractivity contribution is 6.30. The largest absolute Gasteiger partial charge is 0.339 e. The lowest BCUT2D eigenvalue weighted by Gasteiger charge is -2.34. The first-order chi connectivity index (χ1) is 12.0. The molecule has 1 aliphatic rings. The molecular weight excluding hydrogens is 346 g/mol. The van der Waals surface area contributed by atoms with Crippen molar-refractivity contribution in [1.82, 2.24) is 19.6 Å². The van der Waals surface area contributed by atoms with E-state index in [1.54, 1.807) is 4.90 Å². The minimum absolute atomic E-state index is 0.0160. The third kappa shape index (κ3) is 4.55. The van der Waals surface area contributed by atoms with E-state index in [2.05, 4.69) is 10.00 Å². The van der Waals surface area contributed by atoms with Gasteiger partial charge in [-0.2, -0.15) is 5.10 Å². The van der Waals surface area contributed by atoms with Gasteiger partial charge in [-0.3, -0.25) is 24.5 Å². The molecule has 0 atom stereocenters. The molecular formula is C16H18ClN5O3. The number of carbonyl (C=O) groups excluding carboxylic acids is 1. The summed E-state index contributed by atoms with van der Waals surface area (Å²) in [5.41, 5.74) is 1.04. The SMILES string of the molecule is O=C(Cn1cc([N+](=O)[O-])cn1)N1CCN(Cc2cccc(Cl)c2)CC1. The van der Waals surface area contributed by atoms with Crippen molar-refractivity contribution in [3.05, 3.63) is 57.4 Å². The molecule has 8 nitrogen and oxygen atoms in total. The first-order valence-corrected chi connectivity index (χ1v) is 8.30. The summed E-state index contributed by atoms with van der Waals surface area (Å²) >= 11 is 6.00. The Labute approximate surface area is 149 Å². The molecule has 25 heavy (non-hydrogen) atoms. The van der Waals surface area contributed by atoms with Gasteiger partial charge in [0.15, 0.2) is 0 Å². The zero-order valence-corrected chi connectivity index (χ0v) is 14.3. The highest BCUT2D eigenvalue weighted by Crippen LogP contribution is 2.14. The molecule has 0 saturated carbocycles. The van der Waals surface area contributed by atoms with Crippen LogP contribution in [0.2, 0.25) is 5.02 Å². The predicted octanol–water partition coefficient (Wildman–Crippen LogP) is 1.79. The molecule has 1 saturated heterocycles. The number of carbonyl (C=O) groups is 1. The number of aromatic nitrogens is 2. The van der Waals surface area contributed by atoms with Crippen LogP contribution in [0.15, 0.2) is 36.7 Å². The lowest BCUT2D eigenvalue weighted by Crippen LogP contribution is -2.49. The van der Waals surface area contributed by atoms with Crippen molar-refractivity contribution in [2.24, 2.45) is 0 Å². The van der Waals surface area contributed by atoms with Gasteiger partial charge < -0.3 is 4.90 Å². The number of piperazine rings is 1. The van der Waals surface area contributed by atoms with Crippen LogP contribution in [0.3, 0.4) is 0 Å². The van der Waals surface area contributed by atoms with Crippen LogP contribution in [0, 0.1) is 10.1 Å². The molecule has 0 aliphatic carbocycles. The molecule has 0 radical (unpaired) electrons. The van der Waals surface area contributed by atoms with Crippen molar-refractivity contribution < 1.29 is 9.72 Å². The number of amides is 1. The van der Waals surface area contributed by atoms with E-state index >= 15 is 0 Å². The maximum atomic E-state index is 12.3. The first-order valence-electron chi connectivity index (χ1n) is 7.93. The van der Waals surface area contributed by atoms with E-state index in [-0.39, 0.29) is 18.1 Å². The fraction of sp³-hybridized carbons (Fsp3) is 0.375. The average Bonchev–Trinajstić information content (AvgIpc) is 3.04. The summed E-state index contributed by atoms with van der Waals surface area (Å²) in [6, 6.07) is 7.76. The van der Waals surface area contributed by atoms with E-state index in [0.717, 1.165) is 36.4 Å². The lowest BCUT2D eigenvalue weighted by molar-refractivity contribution is -0.385. The normalized spacial score (nSPS) is 15.3. The minimum Gasteiger partial charge on any atom is -0.339 e. The Balaban J connectivity index is 1.49. The fourth-order valence-electron chi connectivity index (χ4n) is 2.82. The Hall–Kier alpha value is -2.45. The molecule has 132 valence electrons. The van der Waals surface area contributed by atoms with Crippen LogP contribution in [-0.2, 0) is 17.9 Å². The molecule has 1 aliphatic heterocycles. The van der Waals surface area contributed by atoms with Crippen molar-refractivity contribution in [2.45, 2.75) is 13.1 Å². The first kappa shape index (κ1) is 17.4. The van der Waals surface area contributed by atoms with Crippen LogP contribution in [0.1, 0.15) is 5.56 Å². The minimum atomic E-state index is -0.525. The molecule has 1 aromatic carbocycles. The maximum Gasteiger partial charge on any atom is 0.307 e. The Morgan fingerprint density at radius 2 is 2.04 bits per heavy atom. The number of halogens is 1. The smallest absolute Gasteiger partial charge is 0.307 e. The van der Waals surface area contributed by atoms with E-state index < -0.39 is 4.92 Å². The Morgan fingerprint density at radius 3 is 2.68 bits per heavy atom. The van der Waals surface area contributed by atoms with Gasteiger partial charge in [0.05, 0.1) is 4.92 Å². The van der Waals surface area contributed by atoms with Gasteiger partial charge in [-0.25, -0.2) is 0 Å². The Morgan fingerprint density at radius 1 is 1.28 bits per heavy atom. The van der Waals surface area contributed by atoms with Crippen molar-refractivity contribution >= 4 is 23.2 Å². The molecule has 2 heterocycles. The number of nitro groups is 1. The number of benzene rings is 1. The quantitative estimate of drug-likeness (QED) is 0.597. The fourth-order valence-corrected chi connectivity index (χ4v) is 3.03. The van der Waals surface area contributed by atoms with Crippen molar-refractivity contribution in [3.63, 3.8) is 0 Å². The third-order valence-corrected chi connectivity index (χ3v) is 4.38. The zero-order chi connectivity index (χ0) is 17.8. The number of hydrogen-bond acceptors (Lipinski definition) is 5. The highest BCUT2D eigenvalue weighted by atomic mass is 35.5. The molecule has 1 amide bonds. The summed E-state index contributed by atoms with van der Waals surface area (Å²) in [5, 5.41) is 15.2. The van der Waals surface area contributed by atoms with Gasteiger partial charge in [0.2, 0.25) is 5.91 Å². The summed E-state index contributed by atoms with van der Waals surface area (Å²) in [7, 11) is 0. The zero-order valence-electron chi connectivity index (χ0n) is 13.5. The van der Waals surface area contributed by atoms with Crippen molar-refractivity contribution in [1.29, 1.82) is 0 Å². The van der Waals surface area contributed by atoms with Gasteiger partial charge in [0.25, 0.3) is 0 Å².